The quantitative estimate of drug-likeness (QED) is 0.673. The molecule has 0 saturated carbocycles. The summed E-state index contributed by atoms with van der Waals surface area (Å²) in [6.07, 6.45) is 1.97. The molecule has 0 aliphatic carbocycles. The summed E-state index contributed by atoms with van der Waals surface area (Å²) in [6, 6.07) is 9.00. The van der Waals surface area contributed by atoms with Gasteiger partial charge in [-0.15, -0.1) is 0 Å². The van der Waals surface area contributed by atoms with Gasteiger partial charge in [-0.05, 0) is 44.9 Å². The predicted molar refractivity (Wildman–Crippen MR) is 82.6 cm³/mol. The zero-order valence-corrected chi connectivity index (χ0v) is 12.5. The predicted octanol–water partition coefficient (Wildman–Crippen LogP) is 2.78. The standard InChI is InChI=1S/C16H28N2O/c1-4-10-17-13-15-8-5-6-9-16(15)18(14(2)3)11-7-12-19/h5-6,8-9,14,17,19H,4,7,10-13H2,1-3H3. The van der Waals surface area contributed by atoms with Crippen molar-refractivity contribution in [2.45, 2.75) is 46.2 Å². The van der Waals surface area contributed by atoms with Crippen molar-refractivity contribution in [2.24, 2.45) is 0 Å². The van der Waals surface area contributed by atoms with E-state index in [1.165, 1.54) is 11.3 Å². The van der Waals surface area contributed by atoms with Gasteiger partial charge in [-0.25, -0.2) is 0 Å². The van der Waals surface area contributed by atoms with E-state index in [2.05, 4.69) is 55.3 Å². The van der Waals surface area contributed by atoms with E-state index >= 15 is 0 Å². The van der Waals surface area contributed by atoms with Crippen LogP contribution in [0, 0.1) is 0 Å². The molecule has 0 heterocycles. The summed E-state index contributed by atoms with van der Waals surface area (Å²) in [7, 11) is 0. The molecule has 2 N–H and O–H groups in total. The van der Waals surface area contributed by atoms with Gasteiger partial charge in [0.25, 0.3) is 0 Å². The number of rotatable bonds is 9. The molecule has 0 saturated heterocycles. The van der Waals surface area contributed by atoms with Crippen LogP contribution in [-0.2, 0) is 6.54 Å². The average Bonchev–Trinajstić information content (AvgIpc) is 2.40. The Bertz CT molecular complexity index is 352. The number of nitrogens with one attached hydrogen (secondary N) is 1. The molecular weight excluding hydrogens is 236 g/mol. The molecule has 0 amide bonds. The Hall–Kier alpha value is -1.06. The van der Waals surface area contributed by atoms with Crippen LogP contribution in [0.25, 0.3) is 0 Å². The summed E-state index contributed by atoms with van der Waals surface area (Å²) >= 11 is 0. The first-order valence-corrected chi connectivity index (χ1v) is 7.36. The van der Waals surface area contributed by atoms with Gasteiger partial charge < -0.3 is 15.3 Å². The first-order chi connectivity index (χ1) is 9.20. The molecule has 0 aliphatic heterocycles. The summed E-state index contributed by atoms with van der Waals surface area (Å²) in [4.78, 5) is 2.37. The summed E-state index contributed by atoms with van der Waals surface area (Å²) in [5.41, 5.74) is 2.62. The van der Waals surface area contributed by atoms with Crippen molar-refractivity contribution in [3.63, 3.8) is 0 Å². The maximum Gasteiger partial charge on any atom is 0.0447 e. The summed E-state index contributed by atoms with van der Waals surface area (Å²) in [6.45, 7) is 9.69. The number of para-hydroxylation sites is 1. The number of nitrogens with zero attached hydrogens (tertiary/aromatic N) is 1. The Labute approximate surface area is 117 Å². The minimum atomic E-state index is 0.249. The molecule has 0 spiro atoms. The van der Waals surface area contributed by atoms with Gasteiger partial charge in [0.2, 0.25) is 0 Å². The maximum absolute atomic E-state index is 9.05. The zero-order chi connectivity index (χ0) is 14.1. The fourth-order valence-corrected chi connectivity index (χ4v) is 2.24. The monoisotopic (exact) mass is 264 g/mol. The molecule has 0 fully saturated rings. The normalized spacial score (nSPS) is 11.0. The average molecular weight is 264 g/mol. The number of aliphatic hydroxyl groups is 1. The zero-order valence-electron chi connectivity index (χ0n) is 12.5. The molecule has 0 bridgehead atoms. The minimum Gasteiger partial charge on any atom is -0.396 e. The maximum atomic E-state index is 9.05. The Kier molecular flexibility index (Phi) is 7.53. The lowest BCUT2D eigenvalue weighted by molar-refractivity contribution is 0.288. The molecule has 3 heteroatoms. The van der Waals surface area contributed by atoms with Gasteiger partial charge >= 0.3 is 0 Å². The molecule has 0 radical (unpaired) electrons. The van der Waals surface area contributed by atoms with Gasteiger partial charge in [-0.2, -0.15) is 0 Å². The highest BCUT2D eigenvalue weighted by molar-refractivity contribution is 5.54. The van der Waals surface area contributed by atoms with E-state index in [1.54, 1.807) is 0 Å². The van der Waals surface area contributed by atoms with Gasteiger partial charge in [-0.3, -0.25) is 0 Å². The molecule has 3 nitrogen and oxygen atoms in total. The Morgan fingerprint density at radius 3 is 2.63 bits per heavy atom. The van der Waals surface area contributed by atoms with E-state index in [9.17, 15) is 0 Å². The van der Waals surface area contributed by atoms with Crippen LogP contribution in [-0.4, -0.2) is 30.8 Å². The third-order valence-corrected chi connectivity index (χ3v) is 3.22. The van der Waals surface area contributed by atoms with E-state index in [0.29, 0.717) is 6.04 Å². The third kappa shape index (κ3) is 5.21. The lowest BCUT2D eigenvalue weighted by Gasteiger charge is -2.31. The van der Waals surface area contributed by atoms with E-state index in [4.69, 9.17) is 5.11 Å². The minimum absolute atomic E-state index is 0.249. The van der Waals surface area contributed by atoms with Crippen LogP contribution in [0.2, 0.25) is 0 Å². The molecule has 0 atom stereocenters. The van der Waals surface area contributed by atoms with Crippen molar-refractivity contribution in [3.8, 4) is 0 Å². The SMILES string of the molecule is CCCNCc1ccccc1N(CCCO)C(C)C. The van der Waals surface area contributed by atoms with Crippen LogP contribution in [0.4, 0.5) is 5.69 Å². The highest BCUT2D eigenvalue weighted by Crippen LogP contribution is 2.22. The van der Waals surface area contributed by atoms with Crippen LogP contribution in [0.5, 0.6) is 0 Å². The highest BCUT2D eigenvalue weighted by Gasteiger charge is 2.13. The van der Waals surface area contributed by atoms with Crippen molar-refractivity contribution in [3.05, 3.63) is 29.8 Å². The largest absolute Gasteiger partial charge is 0.396 e. The summed E-state index contributed by atoms with van der Waals surface area (Å²) < 4.78 is 0. The van der Waals surface area contributed by atoms with Crippen LogP contribution >= 0.6 is 0 Å². The first kappa shape index (κ1) is 16.0. The van der Waals surface area contributed by atoms with Crippen molar-refractivity contribution in [2.75, 3.05) is 24.6 Å². The molecule has 1 aromatic carbocycles. The molecule has 0 unspecified atom stereocenters. The number of hydrogen-bond donors (Lipinski definition) is 2. The smallest absolute Gasteiger partial charge is 0.0447 e. The second-order valence-electron chi connectivity index (χ2n) is 5.17. The van der Waals surface area contributed by atoms with Crippen molar-refractivity contribution >= 4 is 5.69 Å². The highest BCUT2D eigenvalue weighted by atomic mass is 16.3. The molecule has 19 heavy (non-hydrogen) atoms. The van der Waals surface area contributed by atoms with Gasteiger partial charge in [0.15, 0.2) is 0 Å². The van der Waals surface area contributed by atoms with E-state index in [1.807, 2.05) is 0 Å². The number of benzene rings is 1. The number of hydrogen-bond acceptors (Lipinski definition) is 3. The van der Waals surface area contributed by atoms with Crippen molar-refractivity contribution in [1.29, 1.82) is 0 Å². The van der Waals surface area contributed by atoms with Crippen LogP contribution in [0.15, 0.2) is 24.3 Å². The molecule has 108 valence electrons. The summed E-state index contributed by atoms with van der Waals surface area (Å²) in [5, 5.41) is 12.5. The number of anilines is 1. The molecule has 1 rings (SSSR count). The van der Waals surface area contributed by atoms with Gasteiger partial charge in [0.05, 0.1) is 0 Å². The molecule has 0 aliphatic rings. The first-order valence-electron chi connectivity index (χ1n) is 7.36. The van der Waals surface area contributed by atoms with Gasteiger partial charge in [0, 0.05) is 31.4 Å². The third-order valence-electron chi connectivity index (χ3n) is 3.22. The van der Waals surface area contributed by atoms with Crippen LogP contribution in [0.3, 0.4) is 0 Å². The van der Waals surface area contributed by atoms with Crippen LogP contribution in [0.1, 0.15) is 39.2 Å². The fraction of sp³-hybridized carbons (Fsp3) is 0.625. The topological polar surface area (TPSA) is 35.5 Å². The van der Waals surface area contributed by atoms with E-state index < -0.39 is 0 Å². The Balaban J connectivity index is 2.82. The van der Waals surface area contributed by atoms with E-state index in [0.717, 1.165) is 32.5 Å². The van der Waals surface area contributed by atoms with Crippen LogP contribution < -0.4 is 10.2 Å². The van der Waals surface area contributed by atoms with E-state index in [-0.39, 0.29) is 6.61 Å². The van der Waals surface area contributed by atoms with Gasteiger partial charge in [0.1, 0.15) is 0 Å². The second-order valence-corrected chi connectivity index (χ2v) is 5.17. The second kappa shape index (κ2) is 8.94. The fourth-order valence-electron chi connectivity index (χ4n) is 2.24. The van der Waals surface area contributed by atoms with Crippen molar-refractivity contribution < 1.29 is 5.11 Å². The lowest BCUT2D eigenvalue weighted by Crippen LogP contribution is -2.33. The molecular formula is C16H28N2O. The molecule has 1 aromatic rings. The number of aliphatic hydroxyl groups excluding tert-OH is 1. The van der Waals surface area contributed by atoms with Gasteiger partial charge in [-0.1, -0.05) is 25.1 Å². The summed E-state index contributed by atoms with van der Waals surface area (Å²) in [5.74, 6) is 0. The Morgan fingerprint density at radius 1 is 1.26 bits per heavy atom. The molecule has 0 aromatic heterocycles. The Morgan fingerprint density at radius 2 is 2.00 bits per heavy atom. The van der Waals surface area contributed by atoms with Crippen molar-refractivity contribution in [1.82, 2.24) is 5.32 Å². The lowest BCUT2D eigenvalue weighted by atomic mass is 10.1.